The van der Waals surface area contributed by atoms with Crippen LogP contribution in [0.2, 0.25) is 0 Å². The Morgan fingerprint density at radius 1 is 1.26 bits per heavy atom. The van der Waals surface area contributed by atoms with E-state index in [9.17, 15) is 9.90 Å². The van der Waals surface area contributed by atoms with Crippen LogP contribution in [-0.2, 0) is 16.0 Å². The second-order valence-corrected chi connectivity index (χ2v) is 4.11. The molecule has 0 amide bonds. The average molecular weight is 268 g/mol. The Bertz CT molecular complexity index is 416. The van der Waals surface area contributed by atoms with Crippen LogP contribution in [0.15, 0.2) is 18.2 Å². The number of aryl methyl sites for hydroxylation is 1. The van der Waals surface area contributed by atoms with Gasteiger partial charge >= 0.3 is 5.97 Å². The molecule has 0 spiro atoms. The first kappa shape index (κ1) is 15.3. The van der Waals surface area contributed by atoms with Crippen LogP contribution in [0.4, 0.5) is 0 Å². The van der Waals surface area contributed by atoms with E-state index >= 15 is 0 Å². The number of aliphatic hydroxyl groups excluding tert-OH is 1. The van der Waals surface area contributed by atoms with Crippen molar-refractivity contribution in [3.05, 3.63) is 23.8 Å². The van der Waals surface area contributed by atoms with Crippen molar-refractivity contribution < 1.29 is 24.1 Å². The van der Waals surface area contributed by atoms with Crippen molar-refractivity contribution >= 4 is 5.97 Å². The van der Waals surface area contributed by atoms with Crippen LogP contribution in [0.5, 0.6) is 11.5 Å². The molecule has 0 aliphatic rings. The molecule has 1 aromatic carbocycles. The fourth-order valence-corrected chi connectivity index (χ4v) is 1.80. The number of ether oxygens (including phenoxy) is 3. The van der Waals surface area contributed by atoms with Crippen LogP contribution >= 0.6 is 0 Å². The number of benzene rings is 1. The van der Waals surface area contributed by atoms with E-state index in [2.05, 4.69) is 4.74 Å². The van der Waals surface area contributed by atoms with Crippen molar-refractivity contribution in [2.45, 2.75) is 25.4 Å². The molecule has 0 fully saturated rings. The van der Waals surface area contributed by atoms with Gasteiger partial charge in [-0.15, -0.1) is 0 Å². The van der Waals surface area contributed by atoms with Crippen LogP contribution < -0.4 is 9.47 Å². The lowest BCUT2D eigenvalue weighted by Gasteiger charge is -2.11. The number of carbonyl (C=O) groups excluding carboxylic acids is 1. The van der Waals surface area contributed by atoms with Gasteiger partial charge in [-0.3, -0.25) is 0 Å². The van der Waals surface area contributed by atoms with Crippen molar-refractivity contribution in [1.29, 1.82) is 0 Å². The molecule has 5 heteroatoms. The summed E-state index contributed by atoms with van der Waals surface area (Å²) in [6.45, 7) is 0. The Labute approximate surface area is 113 Å². The van der Waals surface area contributed by atoms with Crippen molar-refractivity contribution in [2.75, 3.05) is 21.3 Å². The first-order valence-corrected chi connectivity index (χ1v) is 6.09. The SMILES string of the molecule is COC(=O)C(O)CCCc1ccc(OC)cc1OC. The number of rotatable bonds is 7. The first-order valence-electron chi connectivity index (χ1n) is 6.09. The highest BCUT2D eigenvalue weighted by Crippen LogP contribution is 2.26. The summed E-state index contributed by atoms with van der Waals surface area (Å²) in [5.41, 5.74) is 1.01. The summed E-state index contributed by atoms with van der Waals surface area (Å²) in [6.07, 6.45) is 0.677. The molecular formula is C14H20O5. The van der Waals surface area contributed by atoms with Crippen molar-refractivity contribution in [3.63, 3.8) is 0 Å². The smallest absolute Gasteiger partial charge is 0.334 e. The largest absolute Gasteiger partial charge is 0.497 e. The van der Waals surface area contributed by atoms with Crippen LogP contribution in [0.1, 0.15) is 18.4 Å². The van der Waals surface area contributed by atoms with Crippen molar-refractivity contribution in [2.24, 2.45) is 0 Å². The maximum absolute atomic E-state index is 11.0. The van der Waals surface area contributed by atoms with Crippen molar-refractivity contribution in [3.8, 4) is 11.5 Å². The Kier molecular flexibility index (Phi) is 6.15. The van der Waals surface area contributed by atoms with Gasteiger partial charge in [-0.2, -0.15) is 0 Å². The molecule has 5 nitrogen and oxygen atoms in total. The van der Waals surface area contributed by atoms with Crippen LogP contribution in [0.3, 0.4) is 0 Å². The molecule has 0 saturated carbocycles. The van der Waals surface area contributed by atoms with E-state index in [4.69, 9.17) is 9.47 Å². The molecule has 0 radical (unpaired) electrons. The van der Waals surface area contributed by atoms with Gasteiger partial charge in [0.15, 0.2) is 6.10 Å². The fourth-order valence-electron chi connectivity index (χ4n) is 1.80. The molecule has 19 heavy (non-hydrogen) atoms. The zero-order valence-corrected chi connectivity index (χ0v) is 11.5. The van der Waals surface area contributed by atoms with E-state index in [1.165, 1.54) is 7.11 Å². The summed E-state index contributed by atoms with van der Waals surface area (Å²) in [6, 6.07) is 5.59. The minimum absolute atomic E-state index is 0.363. The minimum Gasteiger partial charge on any atom is -0.497 e. The number of hydrogen-bond donors (Lipinski definition) is 1. The molecule has 0 aliphatic heterocycles. The molecule has 0 heterocycles. The third kappa shape index (κ3) is 4.44. The van der Waals surface area contributed by atoms with Gasteiger partial charge in [0, 0.05) is 6.07 Å². The lowest BCUT2D eigenvalue weighted by molar-refractivity contribution is -0.150. The van der Waals surface area contributed by atoms with Gasteiger partial charge < -0.3 is 19.3 Å². The number of aliphatic hydroxyl groups is 1. The van der Waals surface area contributed by atoms with E-state index in [-0.39, 0.29) is 0 Å². The number of hydrogen-bond acceptors (Lipinski definition) is 5. The van der Waals surface area contributed by atoms with E-state index < -0.39 is 12.1 Å². The molecular weight excluding hydrogens is 248 g/mol. The summed E-state index contributed by atoms with van der Waals surface area (Å²) in [5, 5.41) is 9.48. The van der Waals surface area contributed by atoms with Gasteiger partial charge in [0.2, 0.25) is 0 Å². The zero-order chi connectivity index (χ0) is 14.3. The highest BCUT2D eigenvalue weighted by atomic mass is 16.5. The van der Waals surface area contributed by atoms with Gasteiger partial charge in [0.05, 0.1) is 21.3 Å². The summed E-state index contributed by atoms with van der Waals surface area (Å²) in [4.78, 5) is 11.0. The second kappa shape index (κ2) is 7.63. The standard InChI is InChI=1S/C14H20O5/c1-17-11-8-7-10(13(9-11)18-2)5-4-6-12(15)14(16)19-3/h7-9,12,15H,4-6H2,1-3H3. The molecule has 0 aromatic heterocycles. The Morgan fingerprint density at radius 2 is 2.00 bits per heavy atom. The van der Waals surface area contributed by atoms with Crippen molar-refractivity contribution in [1.82, 2.24) is 0 Å². The normalized spacial score (nSPS) is 11.8. The topological polar surface area (TPSA) is 65.0 Å². The average Bonchev–Trinajstić information content (AvgIpc) is 2.46. The summed E-state index contributed by atoms with van der Waals surface area (Å²) >= 11 is 0. The number of methoxy groups -OCH3 is 3. The second-order valence-electron chi connectivity index (χ2n) is 4.11. The first-order chi connectivity index (χ1) is 9.12. The Balaban J connectivity index is 2.55. The molecule has 1 rings (SSSR count). The molecule has 1 atom stereocenters. The van der Waals surface area contributed by atoms with E-state index in [0.717, 1.165) is 17.1 Å². The molecule has 1 N–H and O–H groups in total. The molecule has 106 valence electrons. The zero-order valence-electron chi connectivity index (χ0n) is 11.5. The van der Waals surface area contributed by atoms with Crippen LogP contribution in [0, 0.1) is 0 Å². The molecule has 1 unspecified atom stereocenters. The molecule has 0 aliphatic carbocycles. The highest BCUT2D eigenvalue weighted by molar-refractivity contribution is 5.74. The van der Waals surface area contributed by atoms with Gasteiger partial charge in [-0.05, 0) is 30.9 Å². The molecule has 1 aromatic rings. The predicted molar refractivity (Wildman–Crippen MR) is 70.5 cm³/mol. The molecule has 0 bridgehead atoms. The van der Waals surface area contributed by atoms with E-state index in [1.54, 1.807) is 14.2 Å². The predicted octanol–water partition coefficient (Wildman–Crippen LogP) is 1.56. The third-order valence-corrected chi connectivity index (χ3v) is 2.89. The minimum atomic E-state index is -1.06. The third-order valence-electron chi connectivity index (χ3n) is 2.89. The maximum atomic E-state index is 11.0. The van der Waals surface area contributed by atoms with Crippen LogP contribution in [0.25, 0.3) is 0 Å². The van der Waals surface area contributed by atoms with Gasteiger partial charge in [0.25, 0.3) is 0 Å². The molecule has 0 saturated heterocycles. The van der Waals surface area contributed by atoms with Crippen LogP contribution in [-0.4, -0.2) is 38.5 Å². The maximum Gasteiger partial charge on any atom is 0.334 e. The van der Waals surface area contributed by atoms with Gasteiger partial charge in [-0.25, -0.2) is 4.79 Å². The number of esters is 1. The fraction of sp³-hybridized carbons (Fsp3) is 0.500. The Hall–Kier alpha value is -1.75. The lowest BCUT2D eigenvalue weighted by Crippen LogP contribution is -2.21. The van der Waals surface area contributed by atoms with Gasteiger partial charge in [0.1, 0.15) is 11.5 Å². The van der Waals surface area contributed by atoms with Gasteiger partial charge in [-0.1, -0.05) is 6.07 Å². The number of carbonyl (C=O) groups is 1. The highest BCUT2D eigenvalue weighted by Gasteiger charge is 2.15. The Morgan fingerprint density at radius 3 is 2.58 bits per heavy atom. The lowest BCUT2D eigenvalue weighted by atomic mass is 10.0. The van der Waals surface area contributed by atoms with E-state index in [1.807, 2.05) is 18.2 Å². The summed E-state index contributed by atoms with van der Waals surface area (Å²) in [7, 11) is 4.46. The van der Waals surface area contributed by atoms with E-state index in [0.29, 0.717) is 19.3 Å². The summed E-state index contributed by atoms with van der Waals surface area (Å²) < 4.78 is 14.9. The quantitative estimate of drug-likeness (QED) is 0.760. The summed E-state index contributed by atoms with van der Waals surface area (Å²) in [5.74, 6) is 0.879. The monoisotopic (exact) mass is 268 g/mol.